The normalized spacial score (nSPS) is 10.0. The van der Waals surface area contributed by atoms with Crippen LogP contribution in [0.4, 0.5) is 11.5 Å². The number of hydrogen-bond donors (Lipinski definition) is 0. The van der Waals surface area contributed by atoms with Crippen molar-refractivity contribution in [1.82, 2.24) is 0 Å². The van der Waals surface area contributed by atoms with E-state index in [9.17, 15) is 11.5 Å². The first-order valence-corrected chi connectivity index (χ1v) is 5.07. The van der Waals surface area contributed by atoms with Crippen molar-refractivity contribution in [3.8, 4) is 0 Å². The van der Waals surface area contributed by atoms with E-state index in [2.05, 4.69) is 0 Å². The van der Waals surface area contributed by atoms with Crippen molar-refractivity contribution in [3.63, 3.8) is 0 Å². The smallest absolute Gasteiger partial charge is 0 e. The Labute approximate surface area is 52.2 Å². The third-order valence-corrected chi connectivity index (χ3v) is 0. The molecule has 0 fully saturated rings. The molecule has 0 rings (SSSR count). The summed E-state index contributed by atoms with van der Waals surface area (Å²) in [7, 11) is 0. The minimum atomic E-state index is -7.18. The third kappa shape index (κ3) is 65.8. The van der Waals surface area contributed by atoms with Crippen molar-refractivity contribution in [1.29, 1.82) is 0 Å². The summed E-state index contributed by atoms with van der Waals surface area (Å²) in [4.78, 5) is 0. The Kier molecular flexibility index (Phi) is 5.46. The minimum Gasteiger partial charge on any atom is 0 e. The minimum absolute atomic E-state index is 0. The van der Waals surface area contributed by atoms with Crippen LogP contribution in [-0.4, -0.2) is 20.7 Å². The van der Waals surface area contributed by atoms with Crippen LogP contribution in [0.1, 0.15) is 0 Å². The molecular weight excluding hydrogens is 387 g/mol. The Hall–Kier alpha value is 1.17. The van der Waals surface area contributed by atoms with Gasteiger partial charge in [0.1, 0.15) is 0 Å². The second-order valence-electron chi connectivity index (χ2n) is 0.429. The van der Waals surface area contributed by atoms with Gasteiger partial charge in [-0.2, -0.15) is 0 Å². The first-order chi connectivity index (χ1) is 2.00. The molecular formula is F4IrSn. The van der Waals surface area contributed by atoms with Gasteiger partial charge in [0, 0.05) is 20.1 Å². The maximum absolute atomic E-state index is 9.90. The van der Waals surface area contributed by atoms with Gasteiger partial charge in [0.25, 0.3) is 0 Å². The largest absolute Gasteiger partial charge is 0 e. The van der Waals surface area contributed by atoms with Crippen molar-refractivity contribution in [2.75, 3.05) is 0 Å². The summed E-state index contributed by atoms with van der Waals surface area (Å²) in [5.41, 5.74) is 0. The average molecular weight is 387 g/mol. The predicted molar refractivity (Wildman–Crippen MR) is 10.2 cm³/mol. The summed E-state index contributed by atoms with van der Waals surface area (Å²) in [5, 5.41) is 0. The first-order valence-electron chi connectivity index (χ1n) is 0.756. The molecule has 41 valence electrons. The summed E-state index contributed by atoms with van der Waals surface area (Å²) < 4.78 is 39.6. The van der Waals surface area contributed by atoms with Crippen LogP contribution in [0.5, 0.6) is 0 Å². The van der Waals surface area contributed by atoms with E-state index in [0.717, 1.165) is 0 Å². The standard InChI is InChI=1S/4FH.Ir.Sn/h4*1H;;/q;;;;;+4/p-4. The van der Waals surface area contributed by atoms with Gasteiger partial charge in [-0.3, -0.25) is 0 Å². The molecule has 0 atom stereocenters. The Balaban J connectivity index is 0. The predicted octanol–water partition coefficient (Wildman–Crippen LogP) is 1.30. The van der Waals surface area contributed by atoms with E-state index in [4.69, 9.17) is 0 Å². The molecule has 0 spiro atoms. The summed E-state index contributed by atoms with van der Waals surface area (Å²) in [6.45, 7) is 0. The molecule has 6 heavy (non-hydrogen) atoms. The zero-order chi connectivity index (χ0) is 4.50. The molecule has 0 bridgehead atoms. The fraction of sp³-hybridized carbons (Fsp3) is 0. The molecule has 0 saturated carbocycles. The number of halogens is 4. The summed E-state index contributed by atoms with van der Waals surface area (Å²) >= 11 is -7.18. The number of hydrogen-bond acceptors (Lipinski definition) is 0. The molecule has 0 aromatic carbocycles. The van der Waals surface area contributed by atoms with Crippen LogP contribution in [0.15, 0.2) is 0 Å². The topological polar surface area (TPSA) is 0 Å². The fourth-order valence-corrected chi connectivity index (χ4v) is 0. The molecule has 0 saturated heterocycles. The molecule has 0 aromatic rings. The molecule has 0 unspecified atom stereocenters. The van der Waals surface area contributed by atoms with Crippen LogP contribution in [0.3, 0.4) is 0 Å². The Bertz CT molecular complexity index is 23.0. The van der Waals surface area contributed by atoms with Crippen LogP contribution >= 0.6 is 0 Å². The van der Waals surface area contributed by atoms with Gasteiger partial charge in [0.15, 0.2) is 0 Å². The fourth-order valence-electron chi connectivity index (χ4n) is 0. The number of rotatable bonds is 0. The summed E-state index contributed by atoms with van der Waals surface area (Å²) in [6, 6.07) is 0. The van der Waals surface area contributed by atoms with E-state index >= 15 is 0 Å². The van der Waals surface area contributed by atoms with Gasteiger partial charge in [-0.15, -0.1) is 0 Å². The Morgan fingerprint density at radius 1 is 0.833 bits per heavy atom. The Morgan fingerprint density at radius 3 is 0.833 bits per heavy atom. The van der Waals surface area contributed by atoms with E-state index in [0.29, 0.717) is 0 Å². The van der Waals surface area contributed by atoms with Crippen molar-refractivity contribution >= 4 is 20.7 Å². The molecule has 0 N–H and O–H groups in total. The molecule has 6 heteroatoms. The molecule has 0 aliphatic rings. The van der Waals surface area contributed by atoms with Gasteiger partial charge in [-0.25, -0.2) is 0 Å². The van der Waals surface area contributed by atoms with Crippen molar-refractivity contribution in [3.05, 3.63) is 0 Å². The van der Waals surface area contributed by atoms with Crippen LogP contribution in [0, 0.1) is 0 Å². The van der Waals surface area contributed by atoms with Gasteiger partial charge in [-0.1, -0.05) is 0 Å². The average Bonchev–Trinajstić information content (AvgIpc) is 0.722. The quantitative estimate of drug-likeness (QED) is 0.435. The monoisotopic (exact) mass is 389 g/mol. The summed E-state index contributed by atoms with van der Waals surface area (Å²) in [6.07, 6.45) is 0. The first kappa shape index (κ1) is 10.2. The van der Waals surface area contributed by atoms with Gasteiger partial charge < -0.3 is 0 Å². The van der Waals surface area contributed by atoms with Crippen molar-refractivity contribution in [2.24, 2.45) is 0 Å². The van der Waals surface area contributed by atoms with E-state index in [1.807, 2.05) is 0 Å². The zero-order valence-electron chi connectivity index (χ0n) is 2.35. The van der Waals surface area contributed by atoms with Crippen LogP contribution in [0.25, 0.3) is 0 Å². The van der Waals surface area contributed by atoms with Crippen LogP contribution in [-0.2, 0) is 20.1 Å². The maximum atomic E-state index is 9.90. The molecule has 0 aliphatic heterocycles. The van der Waals surface area contributed by atoms with Crippen LogP contribution < -0.4 is 0 Å². The van der Waals surface area contributed by atoms with E-state index < -0.39 is 20.7 Å². The van der Waals surface area contributed by atoms with Crippen LogP contribution in [0.2, 0.25) is 0 Å². The molecule has 0 nitrogen and oxygen atoms in total. The van der Waals surface area contributed by atoms with E-state index in [1.54, 1.807) is 0 Å². The molecule has 0 aliphatic carbocycles. The molecule has 0 aromatic heterocycles. The third-order valence-electron chi connectivity index (χ3n) is 0. The molecule has 0 amide bonds. The second-order valence-corrected chi connectivity index (χ2v) is 2.87. The SMILES string of the molecule is [F][Sn]([F])([F])[F].[Ir]. The van der Waals surface area contributed by atoms with Crippen molar-refractivity contribution in [2.45, 2.75) is 0 Å². The molecule has 0 heterocycles. The van der Waals surface area contributed by atoms with Gasteiger partial charge in [-0.05, 0) is 0 Å². The van der Waals surface area contributed by atoms with E-state index in [1.165, 1.54) is 0 Å². The Morgan fingerprint density at radius 2 is 0.833 bits per heavy atom. The second kappa shape index (κ2) is 3.21. The van der Waals surface area contributed by atoms with Gasteiger partial charge in [0.05, 0.1) is 0 Å². The van der Waals surface area contributed by atoms with Crippen molar-refractivity contribution < 1.29 is 31.6 Å². The van der Waals surface area contributed by atoms with E-state index in [-0.39, 0.29) is 20.1 Å². The molecule has 1 radical (unpaired) electrons. The summed E-state index contributed by atoms with van der Waals surface area (Å²) in [5.74, 6) is 0. The van der Waals surface area contributed by atoms with Gasteiger partial charge in [0.2, 0.25) is 0 Å². The van der Waals surface area contributed by atoms with Gasteiger partial charge >= 0.3 is 32.1 Å². The zero-order valence-corrected chi connectivity index (χ0v) is 7.59. The maximum Gasteiger partial charge on any atom is 0 e.